The maximum absolute atomic E-state index is 12.0. The normalized spacial score (nSPS) is 9.95. The molecular formula is C14H12N2O3. The Bertz CT molecular complexity index is 621. The lowest BCUT2D eigenvalue weighted by atomic mass is 10.1. The average Bonchev–Trinajstić information content (AvgIpc) is 2.39. The number of rotatable bonds is 3. The molecule has 1 aromatic carbocycles. The highest BCUT2D eigenvalue weighted by Gasteiger charge is 2.09. The van der Waals surface area contributed by atoms with Crippen LogP contribution in [0.15, 0.2) is 42.6 Å². The van der Waals surface area contributed by atoms with Crippen molar-refractivity contribution >= 4 is 17.6 Å². The van der Waals surface area contributed by atoms with Crippen molar-refractivity contribution in [2.24, 2.45) is 0 Å². The maximum atomic E-state index is 12.0. The summed E-state index contributed by atoms with van der Waals surface area (Å²) in [4.78, 5) is 26.4. The molecule has 0 saturated carbocycles. The number of pyridine rings is 1. The van der Waals surface area contributed by atoms with Crippen molar-refractivity contribution in [2.45, 2.75) is 6.92 Å². The summed E-state index contributed by atoms with van der Waals surface area (Å²) in [5, 5.41) is 11.4. The second-order valence-electron chi connectivity index (χ2n) is 4.01. The summed E-state index contributed by atoms with van der Waals surface area (Å²) in [5.74, 6) is -1.35. The van der Waals surface area contributed by atoms with Gasteiger partial charge in [-0.15, -0.1) is 0 Å². The molecule has 0 aliphatic heterocycles. The molecule has 0 unspecified atom stereocenters. The van der Waals surface area contributed by atoms with Gasteiger partial charge in [-0.25, -0.2) is 9.78 Å². The Morgan fingerprint density at radius 3 is 2.47 bits per heavy atom. The molecule has 0 bridgehead atoms. The number of carbonyl (C=O) groups is 2. The van der Waals surface area contributed by atoms with Crippen LogP contribution in [-0.2, 0) is 0 Å². The Hall–Kier alpha value is -2.69. The number of aromatic nitrogens is 1. The second-order valence-corrected chi connectivity index (χ2v) is 4.01. The van der Waals surface area contributed by atoms with Gasteiger partial charge in [-0.05, 0) is 30.7 Å². The van der Waals surface area contributed by atoms with E-state index < -0.39 is 5.97 Å². The van der Waals surface area contributed by atoms with Gasteiger partial charge in [0.2, 0.25) is 0 Å². The van der Waals surface area contributed by atoms with E-state index in [-0.39, 0.29) is 11.6 Å². The van der Waals surface area contributed by atoms with Crippen molar-refractivity contribution in [3.05, 3.63) is 59.4 Å². The molecule has 0 saturated heterocycles. The summed E-state index contributed by atoms with van der Waals surface area (Å²) in [6, 6.07) is 10.1. The van der Waals surface area contributed by atoms with Crippen LogP contribution in [-0.4, -0.2) is 22.0 Å². The number of hydrogen-bond acceptors (Lipinski definition) is 3. The second kappa shape index (κ2) is 5.30. The summed E-state index contributed by atoms with van der Waals surface area (Å²) in [6.45, 7) is 1.85. The van der Waals surface area contributed by atoms with Crippen molar-refractivity contribution in [2.75, 3.05) is 5.32 Å². The minimum atomic E-state index is -1.10. The zero-order valence-electron chi connectivity index (χ0n) is 10.3. The number of carboxylic acid groups (broad SMARTS) is 1. The highest BCUT2D eigenvalue weighted by molar-refractivity contribution is 6.05. The number of hydrogen-bond donors (Lipinski definition) is 2. The topological polar surface area (TPSA) is 79.3 Å². The number of nitrogens with zero attached hydrogens (tertiary/aromatic N) is 1. The zero-order chi connectivity index (χ0) is 13.8. The van der Waals surface area contributed by atoms with Gasteiger partial charge in [0.1, 0.15) is 5.69 Å². The molecule has 0 spiro atoms. The van der Waals surface area contributed by atoms with Gasteiger partial charge in [-0.2, -0.15) is 0 Å². The summed E-state index contributed by atoms with van der Waals surface area (Å²) in [5.41, 5.74) is 1.84. The molecule has 0 fully saturated rings. The number of aryl methyl sites for hydroxylation is 1. The van der Waals surface area contributed by atoms with Crippen LogP contribution in [0.1, 0.15) is 26.4 Å². The molecular weight excluding hydrogens is 244 g/mol. The molecule has 96 valence electrons. The fourth-order valence-corrected chi connectivity index (χ4v) is 1.62. The lowest BCUT2D eigenvalue weighted by molar-refractivity contribution is 0.0690. The fraction of sp³-hybridized carbons (Fsp3) is 0.0714. The number of nitrogens with one attached hydrogen (secondary N) is 1. The molecule has 0 atom stereocenters. The van der Waals surface area contributed by atoms with E-state index in [0.29, 0.717) is 11.3 Å². The van der Waals surface area contributed by atoms with E-state index in [1.807, 2.05) is 19.1 Å². The summed E-state index contributed by atoms with van der Waals surface area (Å²) >= 11 is 0. The maximum Gasteiger partial charge on any atom is 0.354 e. The van der Waals surface area contributed by atoms with Crippen LogP contribution in [0.25, 0.3) is 0 Å². The van der Waals surface area contributed by atoms with Crippen molar-refractivity contribution < 1.29 is 14.7 Å². The van der Waals surface area contributed by atoms with Gasteiger partial charge in [-0.1, -0.05) is 18.2 Å². The first kappa shape index (κ1) is 12.8. The zero-order valence-corrected chi connectivity index (χ0v) is 10.3. The molecule has 1 heterocycles. The van der Waals surface area contributed by atoms with Crippen molar-refractivity contribution in [1.82, 2.24) is 4.98 Å². The Morgan fingerprint density at radius 1 is 1.16 bits per heavy atom. The number of benzene rings is 1. The Kier molecular flexibility index (Phi) is 3.56. The van der Waals surface area contributed by atoms with Crippen molar-refractivity contribution in [1.29, 1.82) is 0 Å². The number of anilines is 1. The van der Waals surface area contributed by atoms with E-state index in [9.17, 15) is 9.59 Å². The quantitative estimate of drug-likeness (QED) is 0.883. The lowest BCUT2D eigenvalue weighted by Gasteiger charge is -2.07. The monoisotopic (exact) mass is 256 g/mol. The Balaban J connectivity index is 2.15. The van der Waals surface area contributed by atoms with E-state index in [1.54, 1.807) is 12.1 Å². The smallest absolute Gasteiger partial charge is 0.354 e. The molecule has 2 rings (SSSR count). The third-order valence-electron chi connectivity index (χ3n) is 2.63. The fourth-order valence-electron chi connectivity index (χ4n) is 1.62. The van der Waals surface area contributed by atoms with Gasteiger partial charge in [0.25, 0.3) is 5.91 Å². The number of amides is 1. The highest BCUT2D eigenvalue weighted by atomic mass is 16.4. The minimum Gasteiger partial charge on any atom is -0.477 e. The van der Waals surface area contributed by atoms with Gasteiger partial charge in [0.15, 0.2) is 0 Å². The lowest BCUT2D eigenvalue weighted by Crippen LogP contribution is -2.13. The van der Waals surface area contributed by atoms with Crippen LogP contribution >= 0.6 is 0 Å². The molecule has 2 N–H and O–H groups in total. The van der Waals surface area contributed by atoms with E-state index >= 15 is 0 Å². The van der Waals surface area contributed by atoms with Crippen LogP contribution < -0.4 is 5.32 Å². The highest BCUT2D eigenvalue weighted by Crippen LogP contribution is 2.12. The molecule has 2 aromatic rings. The first-order chi connectivity index (χ1) is 9.08. The minimum absolute atomic E-state index is 0.0612. The predicted octanol–water partition coefficient (Wildman–Crippen LogP) is 2.34. The third kappa shape index (κ3) is 2.95. The first-order valence-corrected chi connectivity index (χ1v) is 5.64. The van der Waals surface area contributed by atoms with E-state index in [2.05, 4.69) is 10.3 Å². The summed E-state index contributed by atoms with van der Waals surface area (Å²) in [6.07, 6.45) is 1.32. The van der Waals surface area contributed by atoms with E-state index in [0.717, 1.165) is 5.56 Å². The Labute approximate surface area is 109 Å². The molecule has 5 nitrogen and oxygen atoms in total. The molecule has 1 amide bonds. The first-order valence-electron chi connectivity index (χ1n) is 5.64. The molecule has 5 heteroatoms. The standard InChI is InChI=1S/C14H12N2O3/c1-9-4-2-3-5-11(9)13(17)16-10-6-7-12(14(18)19)15-8-10/h2-8H,1H3,(H,16,17)(H,18,19). The van der Waals surface area contributed by atoms with Gasteiger partial charge < -0.3 is 10.4 Å². The number of carbonyl (C=O) groups excluding carboxylic acids is 1. The van der Waals surface area contributed by atoms with Gasteiger partial charge in [-0.3, -0.25) is 4.79 Å². The molecule has 1 aromatic heterocycles. The summed E-state index contributed by atoms with van der Waals surface area (Å²) in [7, 11) is 0. The molecule has 19 heavy (non-hydrogen) atoms. The van der Waals surface area contributed by atoms with Gasteiger partial charge in [0.05, 0.1) is 11.9 Å². The van der Waals surface area contributed by atoms with Crippen LogP contribution in [0.4, 0.5) is 5.69 Å². The van der Waals surface area contributed by atoms with Gasteiger partial charge in [0, 0.05) is 5.56 Å². The van der Waals surface area contributed by atoms with Crippen LogP contribution in [0, 0.1) is 6.92 Å². The molecule has 0 aliphatic carbocycles. The Morgan fingerprint density at radius 2 is 1.89 bits per heavy atom. The average molecular weight is 256 g/mol. The van der Waals surface area contributed by atoms with E-state index in [4.69, 9.17) is 5.11 Å². The summed E-state index contributed by atoms with van der Waals surface area (Å²) < 4.78 is 0. The predicted molar refractivity (Wildman–Crippen MR) is 70.3 cm³/mol. The third-order valence-corrected chi connectivity index (χ3v) is 2.63. The molecule has 0 radical (unpaired) electrons. The van der Waals surface area contributed by atoms with Crippen LogP contribution in [0.3, 0.4) is 0 Å². The molecule has 0 aliphatic rings. The van der Waals surface area contributed by atoms with E-state index in [1.165, 1.54) is 18.3 Å². The van der Waals surface area contributed by atoms with Gasteiger partial charge >= 0.3 is 5.97 Å². The largest absolute Gasteiger partial charge is 0.477 e. The van der Waals surface area contributed by atoms with Crippen molar-refractivity contribution in [3.63, 3.8) is 0 Å². The number of aromatic carboxylic acids is 1. The number of carboxylic acids is 1. The SMILES string of the molecule is Cc1ccccc1C(=O)Nc1ccc(C(=O)O)nc1. The van der Waals surface area contributed by atoms with Crippen LogP contribution in [0.2, 0.25) is 0 Å². The van der Waals surface area contributed by atoms with Crippen molar-refractivity contribution in [3.8, 4) is 0 Å². The van der Waals surface area contributed by atoms with Crippen LogP contribution in [0.5, 0.6) is 0 Å².